The van der Waals surface area contributed by atoms with Gasteiger partial charge >= 0.3 is 0 Å². The third-order valence-corrected chi connectivity index (χ3v) is 4.14. The molecule has 0 bridgehead atoms. The van der Waals surface area contributed by atoms with Gasteiger partial charge in [0.1, 0.15) is 0 Å². The molecular formula is C12H25Cl3N2. The highest BCUT2D eigenvalue weighted by Gasteiger charge is 2.27. The van der Waals surface area contributed by atoms with Crippen molar-refractivity contribution in [2.75, 3.05) is 6.54 Å². The van der Waals surface area contributed by atoms with Crippen molar-refractivity contribution >= 4 is 34.8 Å². The zero-order valence-corrected chi connectivity index (χ0v) is 12.7. The van der Waals surface area contributed by atoms with E-state index >= 15 is 0 Å². The van der Waals surface area contributed by atoms with E-state index in [-0.39, 0.29) is 5.38 Å². The normalized spacial score (nSPS) is 13.9. The molecule has 0 saturated heterocycles. The molecule has 0 aliphatic heterocycles. The molecule has 0 heterocycles. The maximum absolute atomic E-state index is 5.95. The van der Waals surface area contributed by atoms with Gasteiger partial charge in [-0.3, -0.25) is 5.73 Å². The first kappa shape index (κ1) is 17.8. The van der Waals surface area contributed by atoms with Gasteiger partial charge in [-0.15, -0.1) is 11.6 Å². The van der Waals surface area contributed by atoms with Gasteiger partial charge in [-0.05, 0) is 19.4 Å². The van der Waals surface area contributed by atoms with Crippen LogP contribution in [0.5, 0.6) is 0 Å². The van der Waals surface area contributed by atoms with Crippen LogP contribution in [0.1, 0.15) is 57.8 Å². The van der Waals surface area contributed by atoms with Crippen LogP contribution in [0.25, 0.3) is 0 Å². The molecule has 0 saturated carbocycles. The Morgan fingerprint density at radius 3 is 1.65 bits per heavy atom. The molecule has 0 aromatic carbocycles. The summed E-state index contributed by atoms with van der Waals surface area (Å²) in [6.45, 7) is 0.814. The van der Waals surface area contributed by atoms with Crippen molar-refractivity contribution in [2.45, 2.75) is 67.6 Å². The second kappa shape index (κ2) is 10.7. The third-order valence-electron chi connectivity index (χ3n) is 2.83. The molecule has 0 amide bonds. The van der Waals surface area contributed by atoms with Crippen molar-refractivity contribution in [1.82, 2.24) is 0 Å². The SMILES string of the molecule is NCCCCCCCCCCC(Cl)C(N)(Cl)Cl. The van der Waals surface area contributed by atoms with Gasteiger partial charge in [-0.2, -0.15) is 0 Å². The third kappa shape index (κ3) is 11.6. The van der Waals surface area contributed by atoms with Crippen LogP contribution in [0.15, 0.2) is 0 Å². The maximum Gasteiger partial charge on any atom is 0.182 e. The lowest BCUT2D eigenvalue weighted by molar-refractivity contribution is 0.546. The predicted molar refractivity (Wildman–Crippen MR) is 78.9 cm³/mol. The minimum Gasteiger partial charge on any atom is -0.330 e. The summed E-state index contributed by atoms with van der Waals surface area (Å²) in [6.07, 6.45) is 10.5. The second-order valence-electron chi connectivity index (χ2n) is 4.55. The number of alkyl halides is 3. The minimum atomic E-state index is -1.30. The number of rotatable bonds is 11. The number of unbranched alkanes of at least 4 members (excludes halogenated alkanes) is 7. The van der Waals surface area contributed by atoms with E-state index in [1.54, 1.807) is 0 Å². The summed E-state index contributed by atoms with van der Waals surface area (Å²) in [5.74, 6) is 0. The molecule has 104 valence electrons. The molecule has 5 heteroatoms. The maximum atomic E-state index is 5.95. The van der Waals surface area contributed by atoms with E-state index in [1.165, 1.54) is 38.5 Å². The van der Waals surface area contributed by atoms with Crippen LogP contribution < -0.4 is 11.5 Å². The monoisotopic (exact) mass is 302 g/mol. The lowest BCUT2D eigenvalue weighted by Gasteiger charge is -2.19. The van der Waals surface area contributed by atoms with E-state index in [9.17, 15) is 0 Å². The van der Waals surface area contributed by atoms with Crippen molar-refractivity contribution in [3.05, 3.63) is 0 Å². The molecule has 0 radical (unpaired) electrons. The average Bonchev–Trinajstić information content (AvgIpc) is 2.25. The molecule has 0 fully saturated rings. The van der Waals surface area contributed by atoms with E-state index < -0.39 is 4.46 Å². The van der Waals surface area contributed by atoms with Gasteiger partial charge in [0.05, 0.1) is 5.38 Å². The molecule has 0 aromatic rings. The molecule has 0 aromatic heterocycles. The first-order valence-electron chi connectivity index (χ1n) is 6.49. The van der Waals surface area contributed by atoms with Crippen LogP contribution in [0, 0.1) is 0 Å². The fourth-order valence-corrected chi connectivity index (χ4v) is 2.09. The molecule has 4 N–H and O–H groups in total. The van der Waals surface area contributed by atoms with Gasteiger partial charge in [0.15, 0.2) is 4.46 Å². The molecule has 2 nitrogen and oxygen atoms in total. The van der Waals surface area contributed by atoms with Crippen molar-refractivity contribution < 1.29 is 0 Å². The van der Waals surface area contributed by atoms with Gasteiger partial charge in [0.25, 0.3) is 0 Å². The fraction of sp³-hybridized carbons (Fsp3) is 1.00. The van der Waals surface area contributed by atoms with Gasteiger partial charge in [-0.1, -0.05) is 68.1 Å². The highest BCUT2D eigenvalue weighted by atomic mass is 35.5. The summed E-state index contributed by atoms with van der Waals surface area (Å²) >= 11 is 17.3. The van der Waals surface area contributed by atoms with Crippen LogP contribution in [0.4, 0.5) is 0 Å². The zero-order valence-electron chi connectivity index (χ0n) is 10.4. The second-order valence-corrected chi connectivity index (χ2v) is 6.52. The molecule has 0 rings (SSSR count). The average molecular weight is 304 g/mol. The Kier molecular flexibility index (Phi) is 11.2. The Labute approximate surface area is 120 Å². The summed E-state index contributed by atoms with van der Waals surface area (Å²) in [7, 11) is 0. The van der Waals surface area contributed by atoms with E-state index in [2.05, 4.69) is 0 Å². The lowest BCUT2D eigenvalue weighted by Crippen LogP contribution is -2.36. The summed E-state index contributed by atoms with van der Waals surface area (Å²) in [4.78, 5) is 0. The first-order chi connectivity index (χ1) is 7.98. The molecule has 1 atom stereocenters. The molecule has 0 spiro atoms. The van der Waals surface area contributed by atoms with Gasteiger partial charge in [0.2, 0.25) is 0 Å². The van der Waals surface area contributed by atoms with Crippen LogP contribution in [-0.2, 0) is 0 Å². The molecule has 0 aliphatic rings. The van der Waals surface area contributed by atoms with Crippen LogP contribution in [0.3, 0.4) is 0 Å². The largest absolute Gasteiger partial charge is 0.330 e. The Morgan fingerprint density at radius 2 is 1.24 bits per heavy atom. The van der Waals surface area contributed by atoms with E-state index in [0.29, 0.717) is 0 Å². The minimum absolute atomic E-state index is 0.365. The van der Waals surface area contributed by atoms with Crippen LogP contribution in [0.2, 0.25) is 0 Å². The topological polar surface area (TPSA) is 52.0 Å². The van der Waals surface area contributed by atoms with Gasteiger partial charge in [-0.25, -0.2) is 0 Å². The Morgan fingerprint density at radius 1 is 0.824 bits per heavy atom. The van der Waals surface area contributed by atoms with E-state index in [0.717, 1.165) is 25.8 Å². The van der Waals surface area contributed by atoms with Crippen LogP contribution in [-0.4, -0.2) is 16.4 Å². The van der Waals surface area contributed by atoms with Crippen molar-refractivity contribution in [3.63, 3.8) is 0 Å². The van der Waals surface area contributed by atoms with Gasteiger partial charge < -0.3 is 5.73 Å². The number of halogens is 3. The Hall–Kier alpha value is 0.790. The number of hydrogen-bond donors (Lipinski definition) is 2. The van der Waals surface area contributed by atoms with E-state index in [1.807, 2.05) is 0 Å². The Bertz CT molecular complexity index is 172. The standard InChI is InChI=1S/C12H25Cl3N2/c13-11(12(14,15)17)9-7-5-3-1-2-4-6-8-10-16/h11H,1-10,16-17H2. The number of hydrogen-bond acceptors (Lipinski definition) is 2. The molecule has 0 aliphatic carbocycles. The van der Waals surface area contributed by atoms with Crippen molar-refractivity contribution in [2.24, 2.45) is 11.5 Å². The highest BCUT2D eigenvalue weighted by Crippen LogP contribution is 2.27. The molecular weight excluding hydrogens is 279 g/mol. The van der Waals surface area contributed by atoms with E-state index in [4.69, 9.17) is 46.3 Å². The molecule has 17 heavy (non-hydrogen) atoms. The summed E-state index contributed by atoms with van der Waals surface area (Å²) in [5, 5.41) is -0.365. The Balaban J connectivity index is 3.19. The molecule has 1 unspecified atom stereocenters. The summed E-state index contributed by atoms with van der Waals surface area (Å²) in [6, 6.07) is 0. The van der Waals surface area contributed by atoms with Gasteiger partial charge in [0, 0.05) is 0 Å². The quantitative estimate of drug-likeness (QED) is 0.342. The predicted octanol–water partition coefficient (Wildman–Crippen LogP) is 4.15. The van der Waals surface area contributed by atoms with Crippen molar-refractivity contribution in [3.8, 4) is 0 Å². The summed E-state index contributed by atoms with van der Waals surface area (Å²) < 4.78 is -1.30. The highest BCUT2D eigenvalue weighted by molar-refractivity contribution is 6.51. The fourth-order valence-electron chi connectivity index (χ4n) is 1.72. The summed E-state index contributed by atoms with van der Waals surface area (Å²) in [5.41, 5.74) is 10.9. The number of nitrogens with two attached hydrogens (primary N) is 2. The smallest absolute Gasteiger partial charge is 0.182 e. The van der Waals surface area contributed by atoms with Crippen LogP contribution >= 0.6 is 34.8 Å². The van der Waals surface area contributed by atoms with Crippen molar-refractivity contribution in [1.29, 1.82) is 0 Å². The zero-order chi connectivity index (χ0) is 13.1. The lowest BCUT2D eigenvalue weighted by atomic mass is 10.1. The first-order valence-corrected chi connectivity index (χ1v) is 7.68.